The van der Waals surface area contributed by atoms with Crippen LogP contribution in [0.3, 0.4) is 0 Å². The summed E-state index contributed by atoms with van der Waals surface area (Å²) in [6.07, 6.45) is 1.94. The van der Waals surface area contributed by atoms with Crippen molar-refractivity contribution >= 4 is 29.2 Å². The van der Waals surface area contributed by atoms with E-state index in [1.165, 1.54) is 4.40 Å². The number of aromatic hydroxyl groups is 1. The summed E-state index contributed by atoms with van der Waals surface area (Å²) in [5.41, 5.74) is 0.320. The molecule has 0 radical (unpaired) electrons. The molecule has 2 aromatic rings. The lowest BCUT2D eigenvalue weighted by molar-refractivity contribution is -0.118. The number of fused-ring (bicyclic) bond motifs is 1. The molecule has 10 nitrogen and oxygen atoms in total. The van der Waals surface area contributed by atoms with E-state index >= 15 is 0 Å². The van der Waals surface area contributed by atoms with Gasteiger partial charge in [0.25, 0.3) is 0 Å². The summed E-state index contributed by atoms with van der Waals surface area (Å²) >= 11 is 0. The molecule has 4 heterocycles. The molecule has 2 saturated heterocycles. The van der Waals surface area contributed by atoms with Crippen LogP contribution in [0.5, 0.6) is 5.75 Å². The van der Waals surface area contributed by atoms with Crippen molar-refractivity contribution in [3.63, 3.8) is 0 Å². The third-order valence-electron chi connectivity index (χ3n) is 4.87. The topological polar surface area (TPSA) is 119 Å². The Morgan fingerprint density at radius 2 is 1.85 bits per heavy atom. The number of hydrogen-bond acceptors (Lipinski definition) is 8. The Hall–Kier alpha value is -2.98. The summed E-state index contributed by atoms with van der Waals surface area (Å²) in [6.45, 7) is 4.34. The van der Waals surface area contributed by atoms with Crippen molar-refractivity contribution < 1.29 is 14.7 Å². The largest absolute Gasteiger partial charge is 0.501 e. The molecule has 27 heavy (non-hydrogen) atoms. The maximum atomic E-state index is 12.6. The van der Waals surface area contributed by atoms with E-state index in [2.05, 4.69) is 20.5 Å². The van der Waals surface area contributed by atoms with Crippen LogP contribution in [-0.2, 0) is 4.79 Å². The number of rotatable bonds is 3. The summed E-state index contributed by atoms with van der Waals surface area (Å²) in [4.78, 5) is 44.1. The summed E-state index contributed by atoms with van der Waals surface area (Å²) in [7, 11) is 0. The highest BCUT2D eigenvalue weighted by Crippen LogP contribution is 2.28. The molecule has 0 unspecified atom stereocenters. The number of aromatic nitrogens is 2. The average molecular weight is 372 g/mol. The van der Waals surface area contributed by atoms with E-state index < -0.39 is 11.3 Å². The second kappa shape index (κ2) is 6.97. The molecule has 2 aliphatic heterocycles. The standard InChI is InChI=1S/C17H20N6O4/c24-10-12-15(26)17(27)23-9-11(21-4-1-18-2-5-21)7-13(16(23)20-12)22-6-3-19-8-14(22)25/h7,9-10,18-19,26H,1-6,8H2. The molecule has 0 aromatic carbocycles. The molecule has 4 rings (SSSR count). The molecule has 0 aliphatic carbocycles. The van der Waals surface area contributed by atoms with Crippen molar-refractivity contribution in [3.05, 3.63) is 28.3 Å². The molecule has 10 heteroatoms. The zero-order valence-corrected chi connectivity index (χ0v) is 14.6. The maximum Gasteiger partial charge on any atom is 0.300 e. The van der Waals surface area contributed by atoms with E-state index in [0.29, 0.717) is 25.1 Å². The minimum atomic E-state index is -0.733. The van der Waals surface area contributed by atoms with Crippen LogP contribution in [0.2, 0.25) is 0 Å². The van der Waals surface area contributed by atoms with Crippen molar-refractivity contribution in [1.29, 1.82) is 0 Å². The third-order valence-corrected chi connectivity index (χ3v) is 4.87. The van der Waals surface area contributed by atoms with Crippen LogP contribution in [0.15, 0.2) is 17.1 Å². The van der Waals surface area contributed by atoms with Crippen LogP contribution in [0.25, 0.3) is 5.65 Å². The Labute approximate surface area is 154 Å². The van der Waals surface area contributed by atoms with Crippen molar-refractivity contribution in [1.82, 2.24) is 20.0 Å². The molecule has 0 spiro atoms. The van der Waals surface area contributed by atoms with Gasteiger partial charge in [-0.25, -0.2) is 4.98 Å². The van der Waals surface area contributed by atoms with Gasteiger partial charge in [-0.2, -0.15) is 0 Å². The zero-order chi connectivity index (χ0) is 19.0. The van der Waals surface area contributed by atoms with Gasteiger partial charge in [0.2, 0.25) is 11.7 Å². The smallest absolute Gasteiger partial charge is 0.300 e. The monoisotopic (exact) mass is 372 g/mol. The highest BCUT2D eigenvalue weighted by atomic mass is 16.3. The first kappa shape index (κ1) is 17.4. The van der Waals surface area contributed by atoms with Gasteiger partial charge in [-0.05, 0) is 6.07 Å². The average Bonchev–Trinajstić information content (AvgIpc) is 2.71. The summed E-state index contributed by atoms with van der Waals surface area (Å²) in [5, 5.41) is 16.3. The molecule has 3 N–H and O–H groups in total. The predicted molar refractivity (Wildman–Crippen MR) is 98.8 cm³/mol. The fourth-order valence-corrected chi connectivity index (χ4v) is 3.45. The summed E-state index contributed by atoms with van der Waals surface area (Å²) in [5.74, 6) is -0.840. The Bertz CT molecular complexity index is 966. The maximum absolute atomic E-state index is 12.6. The number of carbonyl (C=O) groups excluding carboxylic acids is 2. The molecular weight excluding hydrogens is 352 g/mol. The van der Waals surface area contributed by atoms with Gasteiger partial charge < -0.3 is 25.5 Å². The van der Waals surface area contributed by atoms with Crippen molar-refractivity contribution in [2.24, 2.45) is 0 Å². The number of piperazine rings is 2. The Morgan fingerprint density at radius 1 is 1.11 bits per heavy atom. The Morgan fingerprint density at radius 3 is 2.56 bits per heavy atom. The van der Waals surface area contributed by atoms with E-state index in [4.69, 9.17) is 0 Å². The van der Waals surface area contributed by atoms with Gasteiger partial charge in [0.05, 0.1) is 17.9 Å². The molecule has 2 fully saturated rings. The van der Waals surface area contributed by atoms with E-state index in [-0.39, 0.29) is 23.8 Å². The molecular formula is C17H20N6O4. The lowest BCUT2D eigenvalue weighted by Gasteiger charge is -2.32. The van der Waals surface area contributed by atoms with E-state index in [9.17, 15) is 19.5 Å². The SMILES string of the molecule is O=Cc1nc2c(N3CCNCC3=O)cc(N3CCNCC3)cn2c(=O)c1O. The minimum absolute atomic E-state index is 0.143. The first-order valence-corrected chi connectivity index (χ1v) is 8.81. The normalized spacial score (nSPS) is 18.1. The summed E-state index contributed by atoms with van der Waals surface area (Å²) in [6, 6.07) is 1.82. The van der Waals surface area contributed by atoms with Crippen LogP contribution >= 0.6 is 0 Å². The van der Waals surface area contributed by atoms with Crippen molar-refractivity contribution in [3.8, 4) is 5.75 Å². The first-order valence-electron chi connectivity index (χ1n) is 8.81. The number of pyridine rings is 1. The molecule has 0 saturated carbocycles. The molecule has 0 bridgehead atoms. The van der Waals surface area contributed by atoms with Gasteiger partial charge in [0, 0.05) is 45.5 Å². The highest BCUT2D eigenvalue weighted by Gasteiger charge is 2.25. The number of amides is 1. The second-order valence-corrected chi connectivity index (χ2v) is 6.51. The summed E-state index contributed by atoms with van der Waals surface area (Å²) < 4.78 is 1.21. The number of hydrogen-bond donors (Lipinski definition) is 3. The Balaban J connectivity index is 1.96. The minimum Gasteiger partial charge on any atom is -0.501 e. The number of nitrogens with one attached hydrogen (secondary N) is 2. The van der Waals surface area contributed by atoms with Crippen LogP contribution < -0.4 is 26.0 Å². The van der Waals surface area contributed by atoms with Gasteiger partial charge in [0.15, 0.2) is 17.6 Å². The number of aldehydes is 1. The zero-order valence-electron chi connectivity index (χ0n) is 14.6. The first-order chi connectivity index (χ1) is 13.1. The quantitative estimate of drug-likeness (QED) is 0.561. The number of carbonyl (C=O) groups is 2. The second-order valence-electron chi connectivity index (χ2n) is 6.51. The van der Waals surface area contributed by atoms with E-state index in [1.807, 2.05) is 6.07 Å². The molecule has 142 valence electrons. The van der Waals surface area contributed by atoms with E-state index in [1.54, 1.807) is 11.1 Å². The fraction of sp³-hybridized carbons (Fsp3) is 0.412. The van der Waals surface area contributed by atoms with Gasteiger partial charge in [-0.1, -0.05) is 0 Å². The lowest BCUT2D eigenvalue weighted by atomic mass is 10.2. The van der Waals surface area contributed by atoms with Gasteiger partial charge in [-0.15, -0.1) is 0 Å². The fourth-order valence-electron chi connectivity index (χ4n) is 3.45. The van der Waals surface area contributed by atoms with Gasteiger partial charge >= 0.3 is 5.56 Å². The van der Waals surface area contributed by atoms with Crippen LogP contribution in [-0.4, -0.2) is 72.5 Å². The van der Waals surface area contributed by atoms with Crippen molar-refractivity contribution in [2.75, 3.05) is 55.6 Å². The van der Waals surface area contributed by atoms with Crippen LogP contribution in [0.1, 0.15) is 10.5 Å². The molecule has 1 amide bonds. The number of anilines is 2. The van der Waals surface area contributed by atoms with Gasteiger partial charge in [-0.3, -0.25) is 18.8 Å². The third kappa shape index (κ3) is 3.02. The Kier molecular flexibility index (Phi) is 4.50. The molecule has 2 aliphatic rings. The van der Waals surface area contributed by atoms with Gasteiger partial charge in [0.1, 0.15) is 0 Å². The highest BCUT2D eigenvalue weighted by molar-refractivity contribution is 5.99. The lowest BCUT2D eigenvalue weighted by Crippen LogP contribution is -2.48. The number of nitrogens with zero attached hydrogens (tertiary/aromatic N) is 4. The molecule has 2 aromatic heterocycles. The van der Waals surface area contributed by atoms with Crippen LogP contribution in [0, 0.1) is 0 Å². The molecule has 0 atom stereocenters. The van der Waals surface area contributed by atoms with Crippen molar-refractivity contribution in [2.45, 2.75) is 0 Å². The predicted octanol–water partition coefficient (Wildman–Crippen LogP) is -1.44. The van der Waals surface area contributed by atoms with Crippen LogP contribution in [0.4, 0.5) is 11.4 Å². The van der Waals surface area contributed by atoms with E-state index in [0.717, 1.165) is 31.9 Å².